The summed E-state index contributed by atoms with van der Waals surface area (Å²) in [6.45, 7) is 10.9. The van der Waals surface area contributed by atoms with Crippen LogP contribution in [-0.4, -0.2) is 0 Å². The van der Waals surface area contributed by atoms with E-state index in [0.29, 0.717) is 6.04 Å². The maximum atomic E-state index is 6.08. The van der Waals surface area contributed by atoms with Gasteiger partial charge in [0.25, 0.3) is 0 Å². The molecule has 2 aromatic carbocycles. The summed E-state index contributed by atoms with van der Waals surface area (Å²) in [6.07, 6.45) is 0. The van der Waals surface area contributed by atoms with Crippen molar-refractivity contribution < 1.29 is 0 Å². The molecule has 2 heteroatoms. The maximum Gasteiger partial charge on any atom is 0.0409 e. The number of hydrogen-bond acceptors (Lipinski definition) is 1. The predicted molar refractivity (Wildman–Crippen MR) is 92.1 cm³/mol. The van der Waals surface area contributed by atoms with E-state index in [1.165, 1.54) is 27.8 Å². The van der Waals surface area contributed by atoms with Crippen LogP contribution in [0.5, 0.6) is 0 Å². The number of halogens is 1. The molecule has 0 saturated carbocycles. The third-order valence-corrected chi connectivity index (χ3v) is 4.43. The van der Waals surface area contributed by atoms with Gasteiger partial charge < -0.3 is 5.32 Å². The molecule has 0 heterocycles. The average molecular weight is 302 g/mol. The Morgan fingerprint density at radius 3 is 2.19 bits per heavy atom. The highest BCUT2D eigenvalue weighted by atomic mass is 35.5. The number of hydrogen-bond donors (Lipinski definition) is 1. The molecular weight excluding hydrogens is 278 g/mol. The number of benzene rings is 2. The van der Waals surface area contributed by atoms with Crippen LogP contribution in [0, 0.1) is 20.8 Å². The molecule has 112 valence electrons. The lowest BCUT2D eigenvalue weighted by molar-refractivity contribution is 0.493. The minimum Gasteiger partial charge on any atom is -0.304 e. The molecule has 0 fully saturated rings. The van der Waals surface area contributed by atoms with Crippen LogP contribution in [-0.2, 0) is 0 Å². The highest BCUT2D eigenvalue weighted by Crippen LogP contribution is 2.25. The second kappa shape index (κ2) is 6.64. The number of nitrogens with one attached hydrogen (secondary N) is 1. The summed E-state index contributed by atoms with van der Waals surface area (Å²) in [4.78, 5) is 0. The van der Waals surface area contributed by atoms with Gasteiger partial charge in [0.05, 0.1) is 0 Å². The van der Waals surface area contributed by atoms with E-state index < -0.39 is 0 Å². The molecule has 0 bridgehead atoms. The van der Waals surface area contributed by atoms with Gasteiger partial charge in [0.1, 0.15) is 0 Å². The van der Waals surface area contributed by atoms with Crippen LogP contribution >= 0.6 is 11.6 Å². The van der Waals surface area contributed by atoms with Gasteiger partial charge in [-0.05, 0) is 74.6 Å². The van der Waals surface area contributed by atoms with Crippen molar-refractivity contribution >= 4 is 11.6 Å². The van der Waals surface area contributed by atoms with E-state index >= 15 is 0 Å². The summed E-state index contributed by atoms with van der Waals surface area (Å²) in [7, 11) is 0. The molecular formula is C19H24ClN. The van der Waals surface area contributed by atoms with Crippen molar-refractivity contribution in [2.75, 3.05) is 0 Å². The van der Waals surface area contributed by atoms with Gasteiger partial charge in [0, 0.05) is 17.1 Å². The first kappa shape index (κ1) is 16.1. The fraction of sp³-hybridized carbons (Fsp3) is 0.368. The Kier molecular flexibility index (Phi) is 5.08. The van der Waals surface area contributed by atoms with E-state index in [4.69, 9.17) is 11.6 Å². The van der Waals surface area contributed by atoms with E-state index in [1.807, 2.05) is 18.2 Å². The van der Waals surface area contributed by atoms with Crippen molar-refractivity contribution in [1.82, 2.24) is 5.32 Å². The Labute approximate surface area is 133 Å². The van der Waals surface area contributed by atoms with Gasteiger partial charge in [-0.3, -0.25) is 0 Å². The zero-order valence-electron chi connectivity index (χ0n) is 13.5. The van der Waals surface area contributed by atoms with Gasteiger partial charge in [0.2, 0.25) is 0 Å². The SMILES string of the molecule is Cc1cc(C)c(C(C)N[C@H](C)c2cccc(Cl)c2)cc1C. The molecule has 0 aromatic heterocycles. The molecule has 0 aliphatic heterocycles. The van der Waals surface area contributed by atoms with Gasteiger partial charge in [-0.2, -0.15) is 0 Å². The first-order valence-electron chi connectivity index (χ1n) is 7.47. The molecule has 2 rings (SSSR count). The predicted octanol–water partition coefficient (Wildman–Crippen LogP) is 5.68. The van der Waals surface area contributed by atoms with Gasteiger partial charge in [-0.15, -0.1) is 0 Å². The summed E-state index contributed by atoms with van der Waals surface area (Å²) in [6, 6.07) is 13.2. The first-order chi connectivity index (χ1) is 9.88. The van der Waals surface area contributed by atoms with Crippen molar-refractivity contribution in [2.24, 2.45) is 0 Å². The summed E-state index contributed by atoms with van der Waals surface area (Å²) in [5.41, 5.74) is 6.63. The normalized spacial score (nSPS) is 14.0. The van der Waals surface area contributed by atoms with E-state index in [1.54, 1.807) is 0 Å². The Hall–Kier alpha value is -1.31. The number of aryl methyl sites for hydroxylation is 3. The fourth-order valence-electron chi connectivity index (χ4n) is 2.79. The Morgan fingerprint density at radius 1 is 0.857 bits per heavy atom. The molecule has 1 N–H and O–H groups in total. The molecule has 2 atom stereocenters. The second-order valence-corrected chi connectivity index (χ2v) is 6.39. The summed E-state index contributed by atoms with van der Waals surface area (Å²) in [5.74, 6) is 0. The van der Waals surface area contributed by atoms with E-state index in [2.05, 4.69) is 58.1 Å². The van der Waals surface area contributed by atoms with Gasteiger partial charge in [-0.25, -0.2) is 0 Å². The molecule has 21 heavy (non-hydrogen) atoms. The minimum absolute atomic E-state index is 0.264. The monoisotopic (exact) mass is 301 g/mol. The zero-order chi connectivity index (χ0) is 15.6. The van der Waals surface area contributed by atoms with Crippen LogP contribution in [0.1, 0.15) is 53.7 Å². The van der Waals surface area contributed by atoms with Crippen molar-refractivity contribution in [3.8, 4) is 0 Å². The molecule has 0 aliphatic rings. The second-order valence-electron chi connectivity index (χ2n) is 5.96. The standard InChI is InChI=1S/C19H24ClN/c1-12-9-14(3)19(10-13(12)2)16(5)21-15(4)17-7-6-8-18(20)11-17/h6-11,15-16,21H,1-5H3/t15-,16?/m1/s1. The smallest absolute Gasteiger partial charge is 0.0409 e. The quantitative estimate of drug-likeness (QED) is 0.766. The molecule has 2 aromatic rings. The molecule has 1 unspecified atom stereocenters. The Balaban J connectivity index is 2.18. The van der Waals surface area contributed by atoms with E-state index in [0.717, 1.165) is 5.02 Å². The van der Waals surface area contributed by atoms with Crippen LogP contribution in [0.4, 0.5) is 0 Å². The van der Waals surface area contributed by atoms with Crippen molar-refractivity contribution in [2.45, 2.75) is 46.7 Å². The summed E-state index contributed by atoms with van der Waals surface area (Å²) < 4.78 is 0. The Bertz CT molecular complexity index is 633. The lowest BCUT2D eigenvalue weighted by Gasteiger charge is -2.23. The highest BCUT2D eigenvalue weighted by molar-refractivity contribution is 6.30. The number of rotatable bonds is 4. The molecule has 0 radical (unpaired) electrons. The minimum atomic E-state index is 0.264. The third kappa shape index (κ3) is 3.87. The van der Waals surface area contributed by atoms with E-state index in [9.17, 15) is 0 Å². The lowest BCUT2D eigenvalue weighted by atomic mass is 9.95. The van der Waals surface area contributed by atoms with Gasteiger partial charge in [0.15, 0.2) is 0 Å². The van der Waals surface area contributed by atoms with Crippen molar-refractivity contribution in [3.63, 3.8) is 0 Å². The fourth-order valence-corrected chi connectivity index (χ4v) is 2.99. The van der Waals surface area contributed by atoms with Crippen molar-refractivity contribution in [1.29, 1.82) is 0 Å². The molecule has 1 nitrogen and oxygen atoms in total. The molecule has 0 aliphatic carbocycles. The topological polar surface area (TPSA) is 12.0 Å². The first-order valence-corrected chi connectivity index (χ1v) is 7.85. The maximum absolute atomic E-state index is 6.08. The summed E-state index contributed by atoms with van der Waals surface area (Å²) >= 11 is 6.08. The molecule has 0 amide bonds. The van der Waals surface area contributed by atoms with E-state index in [-0.39, 0.29) is 6.04 Å². The van der Waals surface area contributed by atoms with Crippen LogP contribution in [0.2, 0.25) is 5.02 Å². The van der Waals surface area contributed by atoms with Crippen LogP contribution in [0.15, 0.2) is 36.4 Å². The third-order valence-electron chi connectivity index (χ3n) is 4.20. The summed E-state index contributed by atoms with van der Waals surface area (Å²) in [5, 5.41) is 4.46. The zero-order valence-corrected chi connectivity index (χ0v) is 14.3. The lowest BCUT2D eigenvalue weighted by Crippen LogP contribution is -2.23. The largest absolute Gasteiger partial charge is 0.304 e. The van der Waals surface area contributed by atoms with Crippen LogP contribution < -0.4 is 5.32 Å². The van der Waals surface area contributed by atoms with Crippen LogP contribution in [0.25, 0.3) is 0 Å². The average Bonchev–Trinajstić information content (AvgIpc) is 2.42. The Morgan fingerprint density at radius 2 is 1.52 bits per heavy atom. The van der Waals surface area contributed by atoms with Gasteiger partial charge >= 0.3 is 0 Å². The van der Waals surface area contributed by atoms with Crippen molar-refractivity contribution in [3.05, 3.63) is 69.2 Å². The van der Waals surface area contributed by atoms with Gasteiger partial charge in [-0.1, -0.05) is 35.9 Å². The van der Waals surface area contributed by atoms with Crippen LogP contribution in [0.3, 0.4) is 0 Å². The molecule has 0 saturated heterocycles. The highest BCUT2D eigenvalue weighted by Gasteiger charge is 2.14. The molecule has 0 spiro atoms.